The molecule has 0 aliphatic heterocycles. The van der Waals surface area contributed by atoms with Gasteiger partial charge in [-0.1, -0.05) is 39.0 Å². The molecule has 0 heterocycles. The highest BCUT2D eigenvalue weighted by Gasteiger charge is 2.50. The highest BCUT2D eigenvalue weighted by atomic mass is 14.6. The molecule has 4 aliphatic carbocycles. The Labute approximate surface area is 113 Å². The van der Waals surface area contributed by atoms with Crippen molar-refractivity contribution in [3.8, 4) is 0 Å². The topological polar surface area (TPSA) is 0 Å². The summed E-state index contributed by atoms with van der Waals surface area (Å²) in [5.74, 6) is 7.94. The largest absolute Gasteiger partial charge is 0.0622 e. The predicted octanol–water partition coefficient (Wildman–Crippen LogP) is 5.28. The highest BCUT2D eigenvalue weighted by molar-refractivity contribution is 5.00. The molecular formula is C18H30. The summed E-state index contributed by atoms with van der Waals surface area (Å²) < 4.78 is 0. The molecule has 0 aromatic rings. The summed E-state index contributed by atoms with van der Waals surface area (Å²) in [6.45, 7) is 2.61. The maximum absolute atomic E-state index is 2.61. The van der Waals surface area contributed by atoms with Crippen LogP contribution in [0.5, 0.6) is 0 Å². The van der Waals surface area contributed by atoms with E-state index in [2.05, 4.69) is 6.92 Å². The summed E-state index contributed by atoms with van der Waals surface area (Å²) in [6.07, 6.45) is 15.8. The molecule has 0 aromatic heterocycles. The van der Waals surface area contributed by atoms with Crippen molar-refractivity contribution >= 4 is 0 Å². The third-order valence-electron chi connectivity index (χ3n) is 7.43. The van der Waals surface area contributed by atoms with Gasteiger partial charge in [0, 0.05) is 0 Å². The Bertz CT molecular complexity index is 307. The minimum atomic E-state index is 1.06. The van der Waals surface area contributed by atoms with Crippen LogP contribution in [0, 0.1) is 41.4 Å². The van der Waals surface area contributed by atoms with Crippen molar-refractivity contribution in [1.29, 1.82) is 0 Å². The van der Waals surface area contributed by atoms with Crippen LogP contribution in [0.3, 0.4) is 0 Å². The van der Waals surface area contributed by atoms with Crippen LogP contribution in [-0.4, -0.2) is 0 Å². The first-order chi connectivity index (χ1) is 8.84. The van der Waals surface area contributed by atoms with Gasteiger partial charge in [0.15, 0.2) is 0 Å². The monoisotopic (exact) mass is 246 g/mol. The van der Waals surface area contributed by atoms with Crippen LogP contribution in [0.25, 0.3) is 0 Å². The van der Waals surface area contributed by atoms with E-state index in [1.807, 2.05) is 0 Å². The Kier molecular flexibility index (Phi) is 2.97. The second kappa shape index (κ2) is 4.53. The van der Waals surface area contributed by atoms with Crippen LogP contribution in [0.4, 0.5) is 0 Å². The molecule has 0 saturated heterocycles. The van der Waals surface area contributed by atoms with Crippen molar-refractivity contribution in [2.24, 2.45) is 41.4 Å². The zero-order valence-corrected chi connectivity index (χ0v) is 12.1. The Hall–Kier alpha value is 0. The van der Waals surface area contributed by atoms with E-state index in [0.717, 1.165) is 41.4 Å². The first kappa shape index (κ1) is 11.8. The molecule has 4 aliphatic rings. The van der Waals surface area contributed by atoms with Gasteiger partial charge in [-0.3, -0.25) is 0 Å². The molecular weight excluding hydrogens is 216 g/mol. The maximum atomic E-state index is 2.61. The van der Waals surface area contributed by atoms with Crippen molar-refractivity contribution in [3.05, 3.63) is 0 Å². The van der Waals surface area contributed by atoms with Crippen molar-refractivity contribution < 1.29 is 0 Å². The summed E-state index contributed by atoms with van der Waals surface area (Å²) in [7, 11) is 0. The molecule has 0 nitrogen and oxygen atoms in total. The second-order valence-electron chi connectivity index (χ2n) is 8.09. The summed E-state index contributed by atoms with van der Waals surface area (Å²) >= 11 is 0. The smallest absolute Gasteiger partial charge is 0.0326 e. The van der Waals surface area contributed by atoms with E-state index < -0.39 is 0 Å². The number of rotatable bonds is 0. The first-order valence-electron chi connectivity index (χ1n) is 8.84. The Morgan fingerprint density at radius 2 is 1.39 bits per heavy atom. The predicted molar refractivity (Wildman–Crippen MR) is 76.3 cm³/mol. The van der Waals surface area contributed by atoms with Gasteiger partial charge in [-0.05, 0) is 73.5 Å². The molecule has 2 unspecified atom stereocenters. The molecule has 102 valence electrons. The van der Waals surface area contributed by atoms with Crippen molar-refractivity contribution in [2.45, 2.75) is 71.1 Å². The van der Waals surface area contributed by atoms with Gasteiger partial charge < -0.3 is 0 Å². The first-order valence-corrected chi connectivity index (χ1v) is 8.84. The molecule has 0 bridgehead atoms. The molecule has 0 amide bonds. The Balaban J connectivity index is 1.61. The van der Waals surface area contributed by atoms with Crippen LogP contribution in [0.1, 0.15) is 71.1 Å². The zero-order chi connectivity index (χ0) is 12.1. The fourth-order valence-electron chi connectivity index (χ4n) is 6.92. The van der Waals surface area contributed by atoms with Gasteiger partial charge in [-0.2, -0.15) is 0 Å². The molecule has 0 heteroatoms. The van der Waals surface area contributed by atoms with Gasteiger partial charge in [0.05, 0.1) is 0 Å². The third-order valence-corrected chi connectivity index (χ3v) is 7.43. The fraction of sp³-hybridized carbons (Fsp3) is 1.00. The van der Waals surface area contributed by atoms with Crippen LogP contribution in [-0.2, 0) is 0 Å². The van der Waals surface area contributed by atoms with Crippen molar-refractivity contribution in [3.63, 3.8) is 0 Å². The quantitative estimate of drug-likeness (QED) is 0.546. The minimum absolute atomic E-state index is 1.06. The number of hydrogen-bond donors (Lipinski definition) is 0. The molecule has 4 saturated carbocycles. The SMILES string of the molecule is CC1C[C@@H]2CCC[C@H]2[C@@H]2CCC3CCCC[C@@H]3[C@@H]12. The minimum Gasteiger partial charge on any atom is -0.0622 e. The van der Waals surface area contributed by atoms with Gasteiger partial charge in [0.25, 0.3) is 0 Å². The lowest BCUT2D eigenvalue weighted by Gasteiger charge is -2.54. The highest BCUT2D eigenvalue weighted by Crippen LogP contribution is 2.59. The molecule has 4 fully saturated rings. The standard InChI is InChI=1S/C18H30/c1-12-11-14-6-4-8-15(14)17-10-9-13-5-2-3-7-16(13)18(12)17/h12-18H,2-11H2,1H3/t12?,13?,14-,15+,16-,17-,18+/m0/s1. The zero-order valence-electron chi connectivity index (χ0n) is 12.1. The average molecular weight is 246 g/mol. The summed E-state index contributed by atoms with van der Waals surface area (Å²) in [6, 6.07) is 0. The van der Waals surface area contributed by atoms with E-state index in [-0.39, 0.29) is 0 Å². The number of hydrogen-bond acceptors (Lipinski definition) is 0. The van der Waals surface area contributed by atoms with Crippen LogP contribution in [0.2, 0.25) is 0 Å². The average Bonchev–Trinajstić information content (AvgIpc) is 2.86. The van der Waals surface area contributed by atoms with Crippen LogP contribution < -0.4 is 0 Å². The van der Waals surface area contributed by atoms with E-state index in [1.54, 1.807) is 64.2 Å². The molecule has 0 aromatic carbocycles. The Morgan fingerprint density at radius 3 is 2.33 bits per heavy atom. The van der Waals surface area contributed by atoms with Crippen LogP contribution in [0.15, 0.2) is 0 Å². The van der Waals surface area contributed by atoms with Gasteiger partial charge in [-0.15, -0.1) is 0 Å². The lowest BCUT2D eigenvalue weighted by atomic mass is 9.51. The molecule has 18 heavy (non-hydrogen) atoms. The van der Waals surface area contributed by atoms with Gasteiger partial charge >= 0.3 is 0 Å². The van der Waals surface area contributed by atoms with Crippen molar-refractivity contribution in [1.82, 2.24) is 0 Å². The van der Waals surface area contributed by atoms with E-state index in [4.69, 9.17) is 0 Å². The van der Waals surface area contributed by atoms with Crippen molar-refractivity contribution in [2.75, 3.05) is 0 Å². The molecule has 0 spiro atoms. The third kappa shape index (κ3) is 1.70. The number of fused-ring (bicyclic) bond motifs is 5. The normalized spacial score (nSPS) is 55.5. The molecule has 4 rings (SSSR count). The van der Waals surface area contributed by atoms with E-state index in [9.17, 15) is 0 Å². The fourth-order valence-corrected chi connectivity index (χ4v) is 6.92. The van der Waals surface area contributed by atoms with Gasteiger partial charge in [0.2, 0.25) is 0 Å². The van der Waals surface area contributed by atoms with Crippen LogP contribution >= 0.6 is 0 Å². The van der Waals surface area contributed by atoms with Gasteiger partial charge in [0.1, 0.15) is 0 Å². The van der Waals surface area contributed by atoms with Gasteiger partial charge in [-0.25, -0.2) is 0 Å². The molecule has 0 radical (unpaired) electrons. The van der Waals surface area contributed by atoms with E-state index in [0.29, 0.717) is 0 Å². The summed E-state index contributed by atoms with van der Waals surface area (Å²) in [4.78, 5) is 0. The Morgan fingerprint density at radius 1 is 0.611 bits per heavy atom. The molecule has 7 atom stereocenters. The summed E-state index contributed by atoms with van der Waals surface area (Å²) in [5.41, 5.74) is 0. The maximum Gasteiger partial charge on any atom is -0.0326 e. The molecule has 0 N–H and O–H groups in total. The lowest BCUT2D eigenvalue weighted by molar-refractivity contribution is -0.0507. The summed E-state index contributed by atoms with van der Waals surface area (Å²) in [5, 5.41) is 0. The lowest BCUT2D eigenvalue weighted by Crippen LogP contribution is -2.47. The second-order valence-corrected chi connectivity index (χ2v) is 8.09. The van der Waals surface area contributed by atoms with E-state index in [1.165, 1.54) is 0 Å². The van der Waals surface area contributed by atoms with E-state index >= 15 is 0 Å².